The van der Waals surface area contributed by atoms with Gasteiger partial charge in [0.1, 0.15) is 11.6 Å². The number of halogens is 5. The first kappa shape index (κ1) is 22.9. The van der Waals surface area contributed by atoms with Crippen molar-refractivity contribution < 1.29 is 17.6 Å². The molecule has 3 aromatic heterocycles. The number of aromatic nitrogens is 3. The lowest BCUT2D eigenvalue weighted by molar-refractivity contribution is -0.137. The number of rotatable bonds is 7. The molecule has 7 nitrogen and oxygen atoms in total. The van der Waals surface area contributed by atoms with Crippen LogP contribution in [0.25, 0.3) is 11.0 Å². The average Bonchev–Trinajstić information content (AvgIpc) is 3.28. The summed E-state index contributed by atoms with van der Waals surface area (Å²) in [6, 6.07) is 9.23. The topological polar surface area (TPSA) is 85.0 Å². The first-order valence-electron chi connectivity index (χ1n) is 9.65. The maximum Gasteiger partial charge on any atom is 0.417 e. The van der Waals surface area contributed by atoms with Gasteiger partial charge in [-0.2, -0.15) is 13.2 Å². The van der Waals surface area contributed by atoms with Crippen LogP contribution in [0.1, 0.15) is 11.3 Å². The lowest BCUT2D eigenvalue weighted by atomic mass is 10.2. The minimum atomic E-state index is -4.54. The molecule has 0 spiro atoms. The minimum absolute atomic E-state index is 0.0790. The molecule has 0 saturated heterocycles. The van der Waals surface area contributed by atoms with Gasteiger partial charge in [-0.05, 0) is 36.4 Å². The Morgan fingerprint density at radius 3 is 2.61 bits per heavy atom. The van der Waals surface area contributed by atoms with Crippen molar-refractivity contribution in [3.05, 3.63) is 80.6 Å². The van der Waals surface area contributed by atoms with E-state index in [0.717, 1.165) is 6.07 Å². The molecule has 4 aromatic rings. The molecule has 0 fully saturated rings. The van der Waals surface area contributed by atoms with Crippen LogP contribution in [0.2, 0.25) is 10.0 Å². The Morgan fingerprint density at radius 1 is 1.09 bits per heavy atom. The van der Waals surface area contributed by atoms with E-state index in [0.29, 0.717) is 28.0 Å². The zero-order chi connectivity index (χ0) is 23.6. The predicted octanol–water partition coefficient (Wildman–Crippen LogP) is 5.43. The van der Waals surface area contributed by atoms with Crippen molar-refractivity contribution in [2.45, 2.75) is 19.3 Å². The normalized spacial score (nSPS) is 11.7. The highest BCUT2D eigenvalue weighted by molar-refractivity contribution is 6.33. The van der Waals surface area contributed by atoms with Crippen LogP contribution in [0.15, 0.2) is 58.1 Å². The maximum absolute atomic E-state index is 13.1. The van der Waals surface area contributed by atoms with E-state index in [1.165, 1.54) is 10.8 Å². The van der Waals surface area contributed by atoms with E-state index < -0.39 is 11.7 Å². The number of hydrogen-bond acceptors (Lipinski definition) is 6. The van der Waals surface area contributed by atoms with Gasteiger partial charge in [0, 0.05) is 24.3 Å². The van der Waals surface area contributed by atoms with Crippen LogP contribution in [0.4, 0.5) is 24.8 Å². The minimum Gasteiger partial charge on any atom is -0.467 e. The number of alkyl halides is 3. The van der Waals surface area contributed by atoms with Crippen LogP contribution in [0, 0.1) is 0 Å². The number of anilines is 2. The van der Waals surface area contributed by atoms with E-state index >= 15 is 0 Å². The van der Waals surface area contributed by atoms with Crippen molar-refractivity contribution in [3.63, 3.8) is 0 Å². The van der Waals surface area contributed by atoms with E-state index in [2.05, 4.69) is 20.6 Å². The molecule has 1 aromatic carbocycles. The third-order valence-corrected chi connectivity index (χ3v) is 5.24. The molecule has 172 valence electrons. The summed E-state index contributed by atoms with van der Waals surface area (Å²) in [6.07, 6.45) is -2.32. The second-order valence-electron chi connectivity index (χ2n) is 6.96. The number of fused-ring (bicyclic) bond motifs is 1. The summed E-state index contributed by atoms with van der Waals surface area (Å²) < 4.78 is 45.1. The highest BCUT2D eigenvalue weighted by Crippen LogP contribution is 2.32. The van der Waals surface area contributed by atoms with Gasteiger partial charge in [0.15, 0.2) is 5.82 Å². The highest BCUT2D eigenvalue weighted by Gasteiger charge is 2.31. The third kappa shape index (κ3) is 5.23. The molecule has 33 heavy (non-hydrogen) atoms. The molecule has 0 atom stereocenters. The predicted molar refractivity (Wildman–Crippen MR) is 120 cm³/mol. The number of furan rings is 1. The SMILES string of the molecule is O=c1c(NCc2ccco2)nc2cc(Cl)ccc2n1CCNc1ncc(C(F)(F)F)cc1Cl. The molecule has 4 rings (SSSR count). The fraction of sp³-hybridized carbons (Fsp3) is 0.190. The maximum atomic E-state index is 13.1. The van der Waals surface area contributed by atoms with Crippen LogP contribution < -0.4 is 16.2 Å². The van der Waals surface area contributed by atoms with Crippen LogP contribution in [-0.4, -0.2) is 21.1 Å². The van der Waals surface area contributed by atoms with E-state index in [-0.39, 0.29) is 41.9 Å². The van der Waals surface area contributed by atoms with Gasteiger partial charge in [-0.25, -0.2) is 9.97 Å². The third-order valence-electron chi connectivity index (χ3n) is 4.71. The van der Waals surface area contributed by atoms with Crippen molar-refractivity contribution in [2.75, 3.05) is 17.2 Å². The summed E-state index contributed by atoms with van der Waals surface area (Å²) in [5.74, 6) is 0.806. The molecule has 0 amide bonds. The number of benzene rings is 1. The summed E-state index contributed by atoms with van der Waals surface area (Å²) in [7, 11) is 0. The van der Waals surface area contributed by atoms with Crippen molar-refractivity contribution in [1.82, 2.24) is 14.5 Å². The number of hydrogen-bond donors (Lipinski definition) is 2. The van der Waals surface area contributed by atoms with Gasteiger partial charge in [-0.3, -0.25) is 4.79 Å². The van der Waals surface area contributed by atoms with Crippen molar-refractivity contribution in [3.8, 4) is 0 Å². The zero-order valence-corrected chi connectivity index (χ0v) is 18.3. The molecular formula is C21H16Cl2F3N5O2. The van der Waals surface area contributed by atoms with Gasteiger partial charge in [0.2, 0.25) is 0 Å². The number of pyridine rings is 1. The molecule has 3 heterocycles. The van der Waals surface area contributed by atoms with Gasteiger partial charge < -0.3 is 19.6 Å². The van der Waals surface area contributed by atoms with Crippen LogP contribution >= 0.6 is 23.2 Å². The summed E-state index contributed by atoms with van der Waals surface area (Å²) in [6.45, 7) is 0.579. The Balaban J connectivity index is 1.57. The largest absolute Gasteiger partial charge is 0.467 e. The summed E-state index contributed by atoms with van der Waals surface area (Å²) in [5.41, 5.74) is -0.292. The van der Waals surface area contributed by atoms with E-state index in [9.17, 15) is 18.0 Å². The Hall–Kier alpha value is -3.24. The van der Waals surface area contributed by atoms with Gasteiger partial charge in [0.05, 0.1) is 34.4 Å². The van der Waals surface area contributed by atoms with Crippen LogP contribution in [0.3, 0.4) is 0 Å². The lowest BCUT2D eigenvalue weighted by Crippen LogP contribution is -2.28. The van der Waals surface area contributed by atoms with E-state index in [1.807, 2.05) is 0 Å². The second-order valence-corrected chi connectivity index (χ2v) is 7.81. The van der Waals surface area contributed by atoms with Gasteiger partial charge >= 0.3 is 6.18 Å². The molecule has 0 aliphatic rings. The Kier molecular flexibility index (Phi) is 6.48. The number of nitrogens with one attached hydrogen (secondary N) is 2. The van der Waals surface area contributed by atoms with E-state index in [1.54, 1.807) is 30.3 Å². The molecule has 0 saturated carbocycles. The summed E-state index contributed by atoms with van der Waals surface area (Å²) in [4.78, 5) is 21.2. The fourth-order valence-corrected chi connectivity index (χ4v) is 3.55. The average molecular weight is 498 g/mol. The van der Waals surface area contributed by atoms with Gasteiger partial charge in [-0.1, -0.05) is 23.2 Å². The Labute approximate surface area is 195 Å². The number of nitrogens with zero attached hydrogens (tertiary/aromatic N) is 3. The highest BCUT2D eigenvalue weighted by atomic mass is 35.5. The van der Waals surface area contributed by atoms with Crippen LogP contribution in [0.5, 0.6) is 0 Å². The van der Waals surface area contributed by atoms with Gasteiger partial charge in [-0.15, -0.1) is 0 Å². The molecule has 0 aliphatic heterocycles. The zero-order valence-electron chi connectivity index (χ0n) is 16.8. The molecule has 0 aliphatic carbocycles. The summed E-state index contributed by atoms with van der Waals surface area (Å²) in [5, 5.41) is 6.11. The van der Waals surface area contributed by atoms with Crippen molar-refractivity contribution >= 4 is 45.9 Å². The summed E-state index contributed by atoms with van der Waals surface area (Å²) >= 11 is 12.0. The molecule has 0 radical (unpaired) electrons. The molecule has 0 bridgehead atoms. The standard InChI is InChI=1S/C21H16Cl2F3N5O2/c22-13-3-4-17-16(9-13)30-19(29-11-14-2-1-7-33-14)20(32)31(17)6-5-27-18-15(23)8-12(10-28-18)21(24,25)26/h1-4,7-10H,5-6,11H2,(H,27,28)(H,29,30). The van der Waals surface area contributed by atoms with Crippen molar-refractivity contribution in [1.29, 1.82) is 0 Å². The Morgan fingerprint density at radius 2 is 1.91 bits per heavy atom. The fourth-order valence-electron chi connectivity index (χ4n) is 3.15. The van der Waals surface area contributed by atoms with E-state index in [4.69, 9.17) is 27.6 Å². The van der Waals surface area contributed by atoms with Crippen LogP contribution in [-0.2, 0) is 19.3 Å². The lowest BCUT2D eigenvalue weighted by Gasteiger charge is -2.15. The van der Waals surface area contributed by atoms with Crippen molar-refractivity contribution in [2.24, 2.45) is 0 Å². The molecular weight excluding hydrogens is 482 g/mol. The smallest absolute Gasteiger partial charge is 0.417 e. The Bertz CT molecular complexity index is 1340. The molecule has 12 heteroatoms. The van der Waals surface area contributed by atoms with Gasteiger partial charge in [0.25, 0.3) is 5.56 Å². The first-order chi connectivity index (χ1) is 15.7. The quantitative estimate of drug-likeness (QED) is 0.354. The molecule has 0 unspecified atom stereocenters. The molecule has 2 N–H and O–H groups in total. The first-order valence-corrected chi connectivity index (χ1v) is 10.4. The second kappa shape index (κ2) is 9.32. The monoisotopic (exact) mass is 497 g/mol.